The van der Waals surface area contributed by atoms with Crippen molar-refractivity contribution < 1.29 is 9.53 Å². The molecule has 0 atom stereocenters. The first-order chi connectivity index (χ1) is 6.74. The first-order valence-corrected chi connectivity index (χ1v) is 4.41. The third-order valence-corrected chi connectivity index (χ3v) is 1.76. The number of hydrogen-bond donors (Lipinski definition) is 0. The zero-order valence-corrected chi connectivity index (χ0v) is 8.12. The third-order valence-electron chi connectivity index (χ3n) is 1.76. The number of Topliss-reactive ketones (excluding diaryl/α,β-unsaturated/α-hetero) is 1. The summed E-state index contributed by atoms with van der Waals surface area (Å²) in [5, 5.41) is 0. The lowest BCUT2D eigenvalue weighted by Crippen LogP contribution is -1.97. The number of ether oxygens (including phenoxy) is 1. The molecule has 0 radical (unpaired) electrons. The predicted octanol–water partition coefficient (Wildman–Crippen LogP) is 2.29. The molecule has 0 saturated heterocycles. The molecule has 0 spiro atoms. The number of carbonyl (C=O) groups excluding carboxylic acids is 1. The summed E-state index contributed by atoms with van der Waals surface area (Å²) in [6.45, 7) is 2.01. The van der Waals surface area contributed by atoms with Gasteiger partial charge in [0.2, 0.25) is 0 Å². The molecule has 0 aromatic heterocycles. The van der Waals surface area contributed by atoms with Crippen LogP contribution in [0.2, 0.25) is 0 Å². The second-order valence-corrected chi connectivity index (χ2v) is 2.89. The van der Waals surface area contributed by atoms with E-state index in [1.807, 2.05) is 6.07 Å². The molecule has 2 heteroatoms. The van der Waals surface area contributed by atoms with Crippen molar-refractivity contribution in [1.29, 1.82) is 0 Å². The highest BCUT2D eigenvalue weighted by atomic mass is 16.5. The Kier molecular flexibility index (Phi) is 3.75. The summed E-state index contributed by atoms with van der Waals surface area (Å²) in [5.74, 6) is 3.21. The van der Waals surface area contributed by atoms with Crippen molar-refractivity contribution in [1.82, 2.24) is 0 Å². The third kappa shape index (κ3) is 2.95. The Bertz CT molecular complexity index is 361. The Labute approximate surface area is 83.9 Å². The number of terminal acetylenes is 1. The molecule has 72 valence electrons. The smallest absolute Gasteiger partial charge is 0.159 e. The van der Waals surface area contributed by atoms with Crippen LogP contribution in [0.4, 0.5) is 0 Å². The van der Waals surface area contributed by atoms with Gasteiger partial charge < -0.3 is 4.74 Å². The quantitative estimate of drug-likeness (QED) is 0.411. The van der Waals surface area contributed by atoms with Gasteiger partial charge in [0.25, 0.3) is 0 Å². The lowest BCUT2D eigenvalue weighted by atomic mass is 10.1. The molecule has 1 aromatic rings. The Hall–Kier alpha value is -1.75. The minimum atomic E-state index is 0.0346. The minimum absolute atomic E-state index is 0.0346. The van der Waals surface area contributed by atoms with Gasteiger partial charge in [-0.1, -0.05) is 12.1 Å². The Morgan fingerprint density at radius 3 is 3.00 bits per heavy atom. The van der Waals surface area contributed by atoms with Gasteiger partial charge >= 0.3 is 0 Å². The zero-order valence-electron chi connectivity index (χ0n) is 8.12. The standard InChI is InChI=1S/C12H12O2/c1-3-4-8-14-12-7-5-6-11(9-12)10(2)13/h1,5-7,9H,4,8H2,2H3. The van der Waals surface area contributed by atoms with Crippen LogP contribution in [0, 0.1) is 12.3 Å². The molecular formula is C12H12O2. The molecule has 0 N–H and O–H groups in total. The number of rotatable bonds is 4. The number of benzene rings is 1. The van der Waals surface area contributed by atoms with Gasteiger partial charge in [-0.3, -0.25) is 4.79 Å². The van der Waals surface area contributed by atoms with Gasteiger partial charge in [-0.05, 0) is 19.1 Å². The normalized spacial score (nSPS) is 9.14. The van der Waals surface area contributed by atoms with Crippen molar-refractivity contribution >= 4 is 5.78 Å². The average Bonchev–Trinajstić information content (AvgIpc) is 2.19. The van der Waals surface area contributed by atoms with Crippen LogP contribution in [0.1, 0.15) is 23.7 Å². The number of hydrogen-bond acceptors (Lipinski definition) is 2. The van der Waals surface area contributed by atoms with Crippen LogP contribution >= 0.6 is 0 Å². The Balaban J connectivity index is 2.65. The van der Waals surface area contributed by atoms with Crippen LogP contribution in [0.3, 0.4) is 0 Å². The summed E-state index contributed by atoms with van der Waals surface area (Å²) in [6, 6.07) is 7.08. The zero-order chi connectivity index (χ0) is 10.4. The molecule has 0 amide bonds. The van der Waals surface area contributed by atoms with Crippen molar-refractivity contribution in [3.8, 4) is 18.1 Å². The van der Waals surface area contributed by atoms with E-state index in [4.69, 9.17) is 11.2 Å². The van der Waals surface area contributed by atoms with E-state index < -0.39 is 0 Å². The molecule has 1 aromatic carbocycles. The van der Waals surface area contributed by atoms with Crippen molar-refractivity contribution in [2.24, 2.45) is 0 Å². The van der Waals surface area contributed by atoms with E-state index in [9.17, 15) is 4.79 Å². The molecule has 0 aliphatic heterocycles. The fourth-order valence-corrected chi connectivity index (χ4v) is 1.03. The molecule has 0 fully saturated rings. The highest BCUT2D eigenvalue weighted by molar-refractivity contribution is 5.94. The van der Waals surface area contributed by atoms with E-state index in [0.29, 0.717) is 24.3 Å². The van der Waals surface area contributed by atoms with Crippen LogP contribution in [0.25, 0.3) is 0 Å². The summed E-state index contributed by atoms with van der Waals surface area (Å²) in [7, 11) is 0. The largest absolute Gasteiger partial charge is 0.493 e. The maximum absolute atomic E-state index is 11.0. The van der Waals surface area contributed by atoms with Crippen LogP contribution in [0.5, 0.6) is 5.75 Å². The van der Waals surface area contributed by atoms with Gasteiger partial charge in [0.1, 0.15) is 5.75 Å². The van der Waals surface area contributed by atoms with Crippen molar-refractivity contribution in [2.75, 3.05) is 6.61 Å². The van der Waals surface area contributed by atoms with Crippen molar-refractivity contribution in [3.63, 3.8) is 0 Å². The van der Waals surface area contributed by atoms with Gasteiger partial charge in [0.15, 0.2) is 5.78 Å². The average molecular weight is 188 g/mol. The molecule has 0 heterocycles. The molecule has 0 aliphatic rings. The van der Waals surface area contributed by atoms with Crippen LogP contribution < -0.4 is 4.74 Å². The molecule has 0 saturated carbocycles. The SMILES string of the molecule is C#CCCOc1cccc(C(C)=O)c1. The molecule has 0 unspecified atom stereocenters. The fraction of sp³-hybridized carbons (Fsp3) is 0.250. The van der Waals surface area contributed by atoms with E-state index in [1.165, 1.54) is 6.92 Å². The van der Waals surface area contributed by atoms with Gasteiger partial charge in [-0.15, -0.1) is 12.3 Å². The molecule has 2 nitrogen and oxygen atoms in total. The highest BCUT2D eigenvalue weighted by Gasteiger charge is 2.00. The second kappa shape index (κ2) is 5.08. The van der Waals surface area contributed by atoms with Gasteiger partial charge in [-0.2, -0.15) is 0 Å². The fourth-order valence-electron chi connectivity index (χ4n) is 1.03. The summed E-state index contributed by atoms with van der Waals surface area (Å²) in [4.78, 5) is 11.0. The highest BCUT2D eigenvalue weighted by Crippen LogP contribution is 2.13. The van der Waals surface area contributed by atoms with Crippen LogP contribution in [0.15, 0.2) is 24.3 Å². The van der Waals surface area contributed by atoms with E-state index in [1.54, 1.807) is 18.2 Å². The summed E-state index contributed by atoms with van der Waals surface area (Å²) in [5.41, 5.74) is 0.656. The minimum Gasteiger partial charge on any atom is -0.493 e. The Morgan fingerprint density at radius 2 is 2.36 bits per heavy atom. The van der Waals surface area contributed by atoms with Crippen molar-refractivity contribution in [2.45, 2.75) is 13.3 Å². The first-order valence-electron chi connectivity index (χ1n) is 4.41. The monoisotopic (exact) mass is 188 g/mol. The molecule has 14 heavy (non-hydrogen) atoms. The maximum atomic E-state index is 11.0. The molecule has 0 aliphatic carbocycles. The van der Waals surface area contributed by atoms with Gasteiger partial charge in [0.05, 0.1) is 6.61 Å². The van der Waals surface area contributed by atoms with E-state index in [2.05, 4.69) is 5.92 Å². The lowest BCUT2D eigenvalue weighted by molar-refractivity contribution is 0.101. The number of carbonyl (C=O) groups is 1. The molecular weight excluding hydrogens is 176 g/mol. The molecule has 0 bridgehead atoms. The van der Waals surface area contributed by atoms with Gasteiger partial charge in [0, 0.05) is 12.0 Å². The molecule has 1 rings (SSSR count). The van der Waals surface area contributed by atoms with Crippen molar-refractivity contribution in [3.05, 3.63) is 29.8 Å². The summed E-state index contributed by atoms with van der Waals surface area (Å²) >= 11 is 0. The van der Waals surface area contributed by atoms with Gasteiger partial charge in [-0.25, -0.2) is 0 Å². The van der Waals surface area contributed by atoms with E-state index in [0.717, 1.165) is 0 Å². The summed E-state index contributed by atoms with van der Waals surface area (Å²) < 4.78 is 5.34. The van der Waals surface area contributed by atoms with E-state index >= 15 is 0 Å². The first kappa shape index (κ1) is 10.3. The van der Waals surface area contributed by atoms with Crippen LogP contribution in [-0.2, 0) is 0 Å². The predicted molar refractivity (Wildman–Crippen MR) is 55.4 cm³/mol. The lowest BCUT2D eigenvalue weighted by Gasteiger charge is -2.04. The topological polar surface area (TPSA) is 26.3 Å². The maximum Gasteiger partial charge on any atom is 0.159 e. The summed E-state index contributed by atoms with van der Waals surface area (Å²) in [6.07, 6.45) is 5.66. The second-order valence-electron chi connectivity index (χ2n) is 2.89. The number of ketones is 1. The van der Waals surface area contributed by atoms with E-state index in [-0.39, 0.29) is 5.78 Å². The Morgan fingerprint density at radius 1 is 1.57 bits per heavy atom. The van der Waals surface area contributed by atoms with Crippen LogP contribution in [-0.4, -0.2) is 12.4 Å².